The molecule has 0 radical (unpaired) electrons. The maximum absolute atomic E-state index is 11.7. The standard InChI is InChI=1S/C25H42O4/c1-5-16-20-13-15(26)8-10-25(20,4)19-9-11-24(3)17(14(2)12-21(27)28)6-7-18(24)22(19)23(16)29/h14-20,22-23,26,29H,5-13H2,1-4H3,(H,27,28)/t14-,15+,16-,17-,18?,19?,20+,22?,23-,24?,25-/m1/s1. The third-order valence-electron chi connectivity index (χ3n) is 10.6. The molecule has 0 aromatic heterocycles. The van der Waals surface area contributed by atoms with Gasteiger partial charge in [-0.15, -0.1) is 0 Å². The molecular formula is C25H42O4. The van der Waals surface area contributed by atoms with E-state index in [1.807, 2.05) is 0 Å². The van der Waals surface area contributed by atoms with Crippen LogP contribution in [0.3, 0.4) is 0 Å². The number of hydrogen-bond acceptors (Lipinski definition) is 3. The summed E-state index contributed by atoms with van der Waals surface area (Å²) in [6, 6.07) is 0. The highest BCUT2D eigenvalue weighted by Crippen LogP contribution is 2.69. The van der Waals surface area contributed by atoms with Crippen molar-refractivity contribution in [3.05, 3.63) is 0 Å². The smallest absolute Gasteiger partial charge is 0.303 e. The Bertz CT molecular complexity index is 634. The zero-order valence-electron chi connectivity index (χ0n) is 18.8. The van der Waals surface area contributed by atoms with Crippen LogP contribution in [0.25, 0.3) is 0 Å². The summed E-state index contributed by atoms with van der Waals surface area (Å²) in [5, 5.41) is 31.4. The van der Waals surface area contributed by atoms with Crippen molar-refractivity contribution in [3.8, 4) is 0 Å². The van der Waals surface area contributed by atoms with Crippen molar-refractivity contribution in [2.24, 2.45) is 52.3 Å². The Morgan fingerprint density at radius 1 is 1.00 bits per heavy atom. The van der Waals surface area contributed by atoms with Crippen LogP contribution in [0.4, 0.5) is 0 Å². The zero-order chi connectivity index (χ0) is 21.1. The van der Waals surface area contributed by atoms with E-state index in [1.54, 1.807) is 0 Å². The summed E-state index contributed by atoms with van der Waals surface area (Å²) in [4.78, 5) is 11.4. The largest absolute Gasteiger partial charge is 0.481 e. The quantitative estimate of drug-likeness (QED) is 0.631. The van der Waals surface area contributed by atoms with E-state index in [2.05, 4.69) is 27.7 Å². The molecule has 4 rings (SSSR count). The molecule has 0 bridgehead atoms. The molecule has 0 amide bonds. The highest BCUT2D eigenvalue weighted by molar-refractivity contribution is 5.67. The van der Waals surface area contributed by atoms with Crippen LogP contribution in [0.1, 0.15) is 85.5 Å². The second-order valence-electron chi connectivity index (χ2n) is 11.7. The molecule has 4 aliphatic carbocycles. The lowest BCUT2D eigenvalue weighted by atomic mass is 9.41. The van der Waals surface area contributed by atoms with Gasteiger partial charge < -0.3 is 15.3 Å². The average molecular weight is 407 g/mol. The van der Waals surface area contributed by atoms with Crippen molar-refractivity contribution >= 4 is 5.97 Å². The van der Waals surface area contributed by atoms with Crippen molar-refractivity contribution in [3.63, 3.8) is 0 Å². The van der Waals surface area contributed by atoms with Gasteiger partial charge in [-0.05, 0) is 97.2 Å². The van der Waals surface area contributed by atoms with E-state index in [0.29, 0.717) is 29.6 Å². The predicted molar refractivity (Wildman–Crippen MR) is 113 cm³/mol. The fraction of sp³-hybridized carbons (Fsp3) is 0.960. The minimum atomic E-state index is -0.682. The number of fused-ring (bicyclic) bond motifs is 5. The highest BCUT2D eigenvalue weighted by atomic mass is 16.4. The molecule has 3 N–H and O–H groups in total. The molecule has 4 aliphatic rings. The second kappa shape index (κ2) is 7.51. The summed E-state index contributed by atoms with van der Waals surface area (Å²) < 4.78 is 0. The van der Waals surface area contributed by atoms with Gasteiger partial charge in [-0.3, -0.25) is 4.79 Å². The van der Waals surface area contributed by atoms with Crippen LogP contribution >= 0.6 is 0 Å². The van der Waals surface area contributed by atoms with Gasteiger partial charge in [-0.2, -0.15) is 0 Å². The van der Waals surface area contributed by atoms with Gasteiger partial charge in [-0.25, -0.2) is 0 Å². The van der Waals surface area contributed by atoms with Crippen LogP contribution in [0, 0.1) is 52.3 Å². The summed E-state index contributed by atoms with van der Waals surface area (Å²) in [6.45, 7) is 9.23. The molecule has 4 unspecified atom stereocenters. The van der Waals surface area contributed by atoms with Crippen LogP contribution in [0.2, 0.25) is 0 Å². The summed E-state index contributed by atoms with van der Waals surface area (Å²) >= 11 is 0. The maximum atomic E-state index is 11.7. The second-order valence-corrected chi connectivity index (χ2v) is 11.7. The number of carboxylic acid groups (broad SMARTS) is 1. The first-order valence-electron chi connectivity index (χ1n) is 12.2. The van der Waals surface area contributed by atoms with Crippen molar-refractivity contribution < 1.29 is 20.1 Å². The third-order valence-corrected chi connectivity index (χ3v) is 10.6. The van der Waals surface area contributed by atoms with Crippen LogP contribution in [0.5, 0.6) is 0 Å². The molecular weight excluding hydrogens is 364 g/mol. The first-order chi connectivity index (χ1) is 13.6. The SMILES string of the molecule is CC[C@H]1[C@@H](O)C2C3CC[C@H]([C@H](C)CC(=O)O)C3(C)CCC2[C@@]2(C)CC[C@H](O)C[C@@H]12. The number of aliphatic hydroxyl groups excluding tert-OH is 2. The summed E-state index contributed by atoms with van der Waals surface area (Å²) in [5.74, 6) is 2.09. The van der Waals surface area contributed by atoms with Gasteiger partial charge in [0.1, 0.15) is 0 Å². The lowest BCUT2D eigenvalue weighted by molar-refractivity contribution is -0.203. The first kappa shape index (κ1) is 21.6. The van der Waals surface area contributed by atoms with E-state index < -0.39 is 5.97 Å². The Labute approximate surface area is 176 Å². The van der Waals surface area contributed by atoms with Gasteiger partial charge in [0.25, 0.3) is 0 Å². The lowest BCUT2D eigenvalue weighted by Gasteiger charge is -2.64. The number of rotatable bonds is 4. The van der Waals surface area contributed by atoms with Gasteiger partial charge in [0.15, 0.2) is 0 Å². The fourth-order valence-corrected chi connectivity index (χ4v) is 9.35. The van der Waals surface area contributed by atoms with E-state index in [9.17, 15) is 20.1 Å². The Kier molecular flexibility index (Phi) is 5.60. The van der Waals surface area contributed by atoms with Gasteiger partial charge in [0.05, 0.1) is 12.2 Å². The summed E-state index contributed by atoms with van der Waals surface area (Å²) in [5.41, 5.74) is 0.391. The molecule has 4 fully saturated rings. The number of aliphatic carboxylic acids is 1. The van der Waals surface area contributed by atoms with E-state index in [4.69, 9.17) is 0 Å². The highest BCUT2D eigenvalue weighted by Gasteiger charge is 2.64. The molecule has 0 heterocycles. The fourth-order valence-electron chi connectivity index (χ4n) is 9.35. The molecule has 0 aliphatic heterocycles. The molecule has 0 spiro atoms. The molecule has 29 heavy (non-hydrogen) atoms. The van der Waals surface area contributed by atoms with Crippen LogP contribution in [-0.4, -0.2) is 33.5 Å². The maximum Gasteiger partial charge on any atom is 0.303 e. The van der Waals surface area contributed by atoms with Crippen LogP contribution < -0.4 is 0 Å². The molecule has 166 valence electrons. The van der Waals surface area contributed by atoms with Gasteiger partial charge in [0.2, 0.25) is 0 Å². The molecule has 11 atom stereocenters. The van der Waals surface area contributed by atoms with E-state index in [1.165, 1.54) is 6.42 Å². The Morgan fingerprint density at radius 3 is 2.31 bits per heavy atom. The van der Waals surface area contributed by atoms with Gasteiger partial charge >= 0.3 is 5.97 Å². The molecule has 0 aromatic rings. The topological polar surface area (TPSA) is 77.8 Å². The number of carbonyl (C=O) groups is 1. The molecule has 4 saturated carbocycles. The molecule has 0 aromatic carbocycles. The van der Waals surface area contributed by atoms with Crippen LogP contribution in [-0.2, 0) is 4.79 Å². The normalized spacial score (nSPS) is 52.9. The van der Waals surface area contributed by atoms with E-state index in [0.717, 1.165) is 44.9 Å². The molecule has 4 nitrogen and oxygen atoms in total. The van der Waals surface area contributed by atoms with Crippen molar-refractivity contribution in [2.45, 2.75) is 97.7 Å². The molecule has 4 heteroatoms. The van der Waals surface area contributed by atoms with E-state index in [-0.39, 0.29) is 41.3 Å². The number of aliphatic hydroxyl groups is 2. The predicted octanol–water partition coefficient (Wildman–Crippen LogP) is 4.72. The minimum Gasteiger partial charge on any atom is -0.481 e. The monoisotopic (exact) mass is 406 g/mol. The van der Waals surface area contributed by atoms with Crippen molar-refractivity contribution in [1.29, 1.82) is 0 Å². The van der Waals surface area contributed by atoms with Gasteiger partial charge in [-0.1, -0.05) is 34.1 Å². The summed E-state index contributed by atoms with van der Waals surface area (Å²) in [6.07, 6.45) is 8.21. The zero-order valence-corrected chi connectivity index (χ0v) is 18.8. The molecule has 0 saturated heterocycles. The average Bonchev–Trinajstić information content (AvgIpc) is 3.00. The third kappa shape index (κ3) is 3.19. The van der Waals surface area contributed by atoms with Gasteiger partial charge in [0, 0.05) is 6.42 Å². The Morgan fingerprint density at radius 2 is 1.66 bits per heavy atom. The van der Waals surface area contributed by atoms with Crippen LogP contribution in [0.15, 0.2) is 0 Å². The number of carboxylic acids is 1. The van der Waals surface area contributed by atoms with Crippen molar-refractivity contribution in [1.82, 2.24) is 0 Å². The summed E-state index contributed by atoms with van der Waals surface area (Å²) in [7, 11) is 0. The minimum absolute atomic E-state index is 0.159. The van der Waals surface area contributed by atoms with Crippen molar-refractivity contribution in [2.75, 3.05) is 0 Å². The first-order valence-corrected chi connectivity index (χ1v) is 12.2. The Balaban J connectivity index is 1.66. The van der Waals surface area contributed by atoms with E-state index >= 15 is 0 Å². The number of hydrogen-bond donors (Lipinski definition) is 3. The lowest BCUT2D eigenvalue weighted by Crippen LogP contribution is -2.62. The Hall–Kier alpha value is -0.610.